The Bertz CT molecular complexity index is 571. The van der Waals surface area contributed by atoms with Gasteiger partial charge in [0.05, 0.1) is 23.5 Å². The Morgan fingerprint density at radius 2 is 1.94 bits per heavy atom. The number of aryl methyl sites for hydroxylation is 1. The van der Waals surface area contributed by atoms with Gasteiger partial charge in [0.15, 0.2) is 0 Å². The highest BCUT2D eigenvalue weighted by molar-refractivity contribution is 5.60. The summed E-state index contributed by atoms with van der Waals surface area (Å²) in [6.45, 7) is 7.38. The van der Waals surface area contributed by atoms with Crippen molar-refractivity contribution in [3.63, 3.8) is 0 Å². The SMILES string of the molecule is Cc1ncc(-c2ccc(C#N)cc2)n1CC(C)C. The molecule has 0 radical (unpaired) electrons. The molecule has 0 saturated carbocycles. The van der Waals surface area contributed by atoms with Crippen LogP contribution in [0, 0.1) is 24.2 Å². The highest BCUT2D eigenvalue weighted by Crippen LogP contribution is 2.22. The van der Waals surface area contributed by atoms with E-state index in [0.29, 0.717) is 11.5 Å². The first-order valence-electron chi connectivity index (χ1n) is 6.14. The van der Waals surface area contributed by atoms with Crippen LogP contribution in [0.25, 0.3) is 11.3 Å². The summed E-state index contributed by atoms with van der Waals surface area (Å²) in [6.07, 6.45) is 1.90. The lowest BCUT2D eigenvalue weighted by molar-refractivity contribution is 0.517. The molecule has 1 aromatic carbocycles. The maximum atomic E-state index is 8.81. The van der Waals surface area contributed by atoms with Gasteiger partial charge in [-0.15, -0.1) is 0 Å². The molecule has 3 heteroatoms. The second kappa shape index (κ2) is 5.05. The maximum absolute atomic E-state index is 8.81. The standard InChI is InChI=1S/C15H17N3/c1-11(2)10-18-12(3)17-9-15(18)14-6-4-13(8-16)5-7-14/h4-7,9,11H,10H2,1-3H3. The van der Waals surface area contributed by atoms with Gasteiger partial charge in [-0.3, -0.25) is 0 Å². The molecular weight excluding hydrogens is 222 g/mol. The van der Waals surface area contributed by atoms with Gasteiger partial charge in [-0.1, -0.05) is 26.0 Å². The molecule has 2 rings (SSSR count). The van der Waals surface area contributed by atoms with E-state index in [4.69, 9.17) is 5.26 Å². The van der Waals surface area contributed by atoms with E-state index >= 15 is 0 Å². The normalized spacial score (nSPS) is 10.6. The largest absolute Gasteiger partial charge is 0.328 e. The number of nitrogens with zero attached hydrogens (tertiary/aromatic N) is 3. The third-order valence-corrected chi connectivity index (χ3v) is 2.91. The number of imidazole rings is 1. The smallest absolute Gasteiger partial charge is 0.105 e. The van der Waals surface area contributed by atoms with Crippen LogP contribution in [0.1, 0.15) is 25.2 Å². The molecule has 0 saturated heterocycles. The molecular formula is C15H17N3. The van der Waals surface area contributed by atoms with Crippen molar-refractivity contribution >= 4 is 0 Å². The van der Waals surface area contributed by atoms with Gasteiger partial charge in [0, 0.05) is 6.54 Å². The first-order valence-corrected chi connectivity index (χ1v) is 6.14. The summed E-state index contributed by atoms with van der Waals surface area (Å²) in [4.78, 5) is 4.39. The number of rotatable bonds is 3. The highest BCUT2D eigenvalue weighted by Gasteiger charge is 2.09. The van der Waals surface area contributed by atoms with Crippen LogP contribution in [0.2, 0.25) is 0 Å². The number of nitriles is 1. The first kappa shape index (κ1) is 12.4. The fourth-order valence-corrected chi connectivity index (χ4v) is 2.01. The molecule has 0 fully saturated rings. The topological polar surface area (TPSA) is 41.6 Å². The molecule has 0 spiro atoms. The van der Waals surface area contributed by atoms with Gasteiger partial charge < -0.3 is 4.57 Å². The van der Waals surface area contributed by atoms with E-state index in [1.807, 2.05) is 37.4 Å². The van der Waals surface area contributed by atoms with Crippen LogP contribution in [0.3, 0.4) is 0 Å². The van der Waals surface area contributed by atoms with E-state index in [0.717, 1.165) is 23.6 Å². The monoisotopic (exact) mass is 239 g/mol. The minimum atomic E-state index is 0.579. The molecule has 1 aromatic heterocycles. The minimum absolute atomic E-state index is 0.579. The van der Waals surface area contributed by atoms with E-state index in [2.05, 4.69) is 29.5 Å². The van der Waals surface area contributed by atoms with Gasteiger partial charge in [-0.2, -0.15) is 5.26 Å². The first-order chi connectivity index (χ1) is 8.61. The molecule has 1 heterocycles. The Hall–Kier alpha value is -2.08. The van der Waals surface area contributed by atoms with Crippen LogP contribution < -0.4 is 0 Å². The molecule has 0 aliphatic carbocycles. The molecule has 0 aliphatic rings. The Kier molecular flexibility index (Phi) is 3.47. The van der Waals surface area contributed by atoms with Crippen LogP contribution in [0.15, 0.2) is 30.5 Å². The van der Waals surface area contributed by atoms with E-state index in [9.17, 15) is 0 Å². The van der Waals surface area contributed by atoms with Crippen molar-refractivity contribution in [2.24, 2.45) is 5.92 Å². The van der Waals surface area contributed by atoms with Crippen molar-refractivity contribution in [1.82, 2.24) is 9.55 Å². The van der Waals surface area contributed by atoms with Gasteiger partial charge in [0.1, 0.15) is 5.82 Å². The number of benzene rings is 1. The van der Waals surface area contributed by atoms with Gasteiger partial charge in [-0.05, 0) is 30.5 Å². The quantitative estimate of drug-likeness (QED) is 0.823. The maximum Gasteiger partial charge on any atom is 0.105 e. The molecule has 0 amide bonds. The predicted octanol–water partition coefficient (Wildman–Crippen LogP) is 3.39. The summed E-state index contributed by atoms with van der Waals surface area (Å²) in [5.74, 6) is 1.61. The van der Waals surface area contributed by atoms with Crippen LogP contribution in [-0.4, -0.2) is 9.55 Å². The number of aromatic nitrogens is 2. The minimum Gasteiger partial charge on any atom is -0.328 e. The van der Waals surface area contributed by atoms with E-state index in [1.165, 1.54) is 0 Å². The second-order valence-corrected chi connectivity index (χ2v) is 4.88. The third-order valence-electron chi connectivity index (χ3n) is 2.91. The number of hydrogen-bond acceptors (Lipinski definition) is 2. The number of hydrogen-bond donors (Lipinski definition) is 0. The second-order valence-electron chi connectivity index (χ2n) is 4.88. The summed E-state index contributed by atoms with van der Waals surface area (Å²) in [6, 6.07) is 9.78. The van der Waals surface area contributed by atoms with Crippen molar-refractivity contribution < 1.29 is 0 Å². The van der Waals surface area contributed by atoms with E-state index in [-0.39, 0.29) is 0 Å². The van der Waals surface area contributed by atoms with Crippen molar-refractivity contribution in [3.05, 3.63) is 41.9 Å². The zero-order valence-corrected chi connectivity index (χ0v) is 11.0. The molecule has 3 nitrogen and oxygen atoms in total. The van der Waals surface area contributed by atoms with Crippen LogP contribution >= 0.6 is 0 Å². The molecule has 0 bridgehead atoms. The van der Waals surface area contributed by atoms with Gasteiger partial charge in [0.2, 0.25) is 0 Å². The van der Waals surface area contributed by atoms with Gasteiger partial charge >= 0.3 is 0 Å². The molecule has 0 atom stereocenters. The van der Waals surface area contributed by atoms with E-state index in [1.54, 1.807) is 0 Å². The fourth-order valence-electron chi connectivity index (χ4n) is 2.01. The molecule has 2 aromatic rings. The van der Waals surface area contributed by atoms with Gasteiger partial charge in [0.25, 0.3) is 0 Å². The summed E-state index contributed by atoms with van der Waals surface area (Å²) in [5, 5.41) is 8.81. The Morgan fingerprint density at radius 3 is 2.50 bits per heavy atom. The highest BCUT2D eigenvalue weighted by atomic mass is 15.1. The third kappa shape index (κ3) is 2.43. The zero-order valence-electron chi connectivity index (χ0n) is 11.0. The fraction of sp³-hybridized carbons (Fsp3) is 0.333. The summed E-state index contributed by atoms with van der Waals surface area (Å²) in [7, 11) is 0. The lowest BCUT2D eigenvalue weighted by Crippen LogP contribution is -2.07. The van der Waals surface area contributed by atoms with Crippen molar-refractivity contribution in [1.29, 1.82) is 5.26 Å². The van der Waals surface area contributed by atoms with Crippen LogP contribution in [0.4, 0.5) is 0 Å². The van der Waals surface area contributed by atoms with Crippen molar-refractivity contribution in [2.75, 3.05) is 0 Å². The van der Waals surface area contributed by atoms with Gasteiger partial charge in [-0.25, -0.2) is 4.98 Å². The zero-order chi connectivity index (χ0) is 13.1. The van der Waals surface area contributed by atoms with Crippen LogP contribution in [0.5, 0.6) is 0 Å². The average Bonchev–Trinajstić information content (AvgIpc) is 2.71. The molecule has 92 valence electrons. The summed E-state index contributed by atoms with van der Waals surface area (Å²) < 4.78 is 2.23. The average molecular weight is 239 g/mol. The van der Waals surface area contributed by atoms with E-state index < -0.39 is 0 Å². The lowest BCUT2D eigenvalue weighted by Gasteiger charge is -2.12. The predicted molar refractivity (Wildman–Crippen MR) is 72.0 cm³/mol. The van der Waals surface area contributed by atoms with Crippen LogP contribution in [-0.2, 0) is 6.54 Å². The summed E-state index contributed by atoms with van der Waals surface area (Å²) in [5.41, 5.74) is 2.91. The van der Waals surface area contributed by atoms with Crippen molar-refractivity contribution in [3.8, 4) is 17.3 Å². The summed E-state index contributed by atoms with van der Waals surface area (Å²) >= 11 is 0. The Labute approximate surface area is 108 Å². The molecule has 0 N–H and O–H groups in total. The molecule has 18 heavy (non-hydrogen) atoms. The Balaban J connectivity index is 2.41. The Morgan fingerprint density at radius 1 is 1.28 bits per heavy atom. The van der Waals surface area contributed by atoms with Crippen molar-refractivity contribution in [2.45, 2.75) is 27.3 Å². The lowest BCUT2D eigenvalue weighted by atomic mass is 10.1. The molecule has 0 aliphatic heterocycles. The molecule has 0 unspecified atom stereocenters.